The number of benzene rings is 2. The first-order valence-corrected chi connectivity index (χ1v) is 11.1. The van der Waals surface area contributed by atoms with E-state index < -0.39 is 36.2 Å². The Bertz CT molecular complexity index is 1150. The fraction of sp³-hybridized carbons (Fsp3) is 0.360. The third kappa shape index (κ3) is 4.51. The zero-order chi connectivity index (χ0) is 25.1. The van der Waals surface area contributed by atoms with Crippen molar-refractivity contribution in [2.45, 2.75) is 37.6 Å². The van der Waals surface area contributed by atoms with Crippen LogP contribution in [0.4, 0.5) is 0 Å². The van der Waals surface area contributed by atoms with Crippen LogP contribution < -0.4 is 14.8 Å². The van der Waals surface area contributed by atoms with Crippen molar-refractivity contribution in [2.75, 3.05) is 21.3 Å². The minimum Gasteiger partial charge on any atom is -0.493 e. The number of hydrogen-bond acceptors (Lipinski definition) is 8. The quantitative estimate of drug-likeness (QED) is 0.565. The molecule has 10 nitrogen and oxygen atoms in total. The van der Waals surface area contributed by atoms with E-state index in [0.29, 0.717) is 11.3 Å². The van der Waals surface area contributed by atoms with Crippen molar-refractivity contribution in [1.29, 1.82) is 0 Å². The number of rotatable bonds is 8. The van der Waals surface area contributed by atoms with E-state index >= 15 is 0 Å². The van der Waals surface area contributed by atoms with Crippen molar-refractivity contribution in [3.63, 3.8) is 0 Å². The fourth-order valence-electron chi connectivity index (χ4n) is 4.50. The van der Waals surface area contributed by atoms with E-state index in [-0.39, 0.29) is 36.5 Å². The van der Waals surface area contributed by atoms with Crippen LogP contribution in [-0.2, 0) is 30.3 Å². The summed E-state index contributed by atoms with van der Waals surface area (Å²) in [5.74, 6) is -1.63. The van der Waals surface area contributed by atoms with Crippen molar-refractivity contribution in [1.82, 2.24) is 10.2 Å². The van der Waals surface area contributed by atoms with E-state index in [2.05, 4.69) is 5.32 Å². The second kappa shape index (κ2) is 10.0. The largest absolute Gasteiger partial charge is 0.493 e. The SMILES string of the molecule is COC(=O)[C@@H](Cc1ccccc1)NC(=O)[C@@H]1CCC(=O)N1[C@@H]1OC(=O)c2c1ccc(OC)c2OC. The lowest BCUT2D eigenvalue weighted by atomic mass is 10.0. The van der Waals surface area contributed by atoms with Gasteiger partial charge >= 0.3 is 11.9 Å². The zero-order valence-corrected chi connectivity index (χ0v) is 19.6. The molecular formula is C25H26N2O8. The van der Waals surface area contributed by atoms with Crippen LogP contribution in [0.3, 0.4) is 0 Å². The molecule has 2 aromatic carbocycles. The number of ether oxygens (including phenoxy) is 4. The number of cyclic esters (lactones) is 1. The molecule has 2 heterocycles. The molecule has 1 saturated heterocycles. The van der Waals surface area contributed by atoms with Gasteiger partial charge in [-0.1, -0.05) is 30.3 Å². The maximum atomic E-state index is 13.3. The second-order valence-electron chi connectivity index (χ2n) is 8.15. The smallest absolute Gasteiger partial charge is 0.344 e. The van der Waals surface area contributed by atoms with Crippen LogP contribution in [0, 0.1) is 0 Å². The number of carbonyl (C=O) groups is 4. The highest BCUT2D eigenvalue weighted by molar-refractivity contribution is 5.99. The molecule has 0 aliphatic carbocycles. The zero-order valence-electron chi connectivity index (χ0n) is 19.6. The Balaban J connectivity index is 1.60. The minimum absolute atomic E-state index is 0.0936. The normalized spacial score (nSPS) is 19.6. The predicted octanol–water partition coefficient (Wildman–Crippen LogP) is 1.76. The van der Waals surface area contributed by atoms with Crippen molar-refractivity contribution in [2.24, 2.45) is 0 Å². The third-order valence-electron chi connectivity index (χ3n) is 6.16. The Kier molecular flexibility index (Phi) is 6.90. The van der Waals surface area contributed by atoms with Gasteiger partial charge in [-0.3, -0.25) is 14.5 Å². The van der Waals surface area contributed by atoms with Gasteiger partial charge in [-0.15, -0.1) is 0 Å². The van der Waals surface area contributed by atoms with Crippen LogP contribution in [-0.4, -0.2) is 62.1 Å². The molecule has 2 aliphatic rings. The van der Waals surface area contributed by atoms with Gasteiger partial charge in [0.25, 0.3) is 0 Å². The summed E-state index contributed by atoms with van der Waals surface area (Å²) < 4.78 is 21.0. The summed E-state index contributed by atoms with van der Waals surface area (Å²) in [5, 5.41) is 2.72. The first kappa shape index (κ1) is 24.1. The molecule has 0 aromatic heterocycles. The highest BCUT2D eigenvalue weighted by Crippen LogP contribution is 2.45. The number of hydrogen-bond donors (Lipinski definition) is 1. The second-order valence-corrected chi connectivity index (χ2v) is 8.15. The molecule has 0 saturated carbocycles. The minimum atomic E-state index is -1.10. The molecule has 0 spiro atoms. The van der Waals surface area contributed by atoms with Gasteiger partial charge in [-0.25, -0.2) is 9.59 Å². The van der Waals surface area contributed by atoms with Gasteiger partial charge in [0.15, 0.2) is 11.5 Å². The van der Waals surface area contributed by atoms with E-state index in [1.54, 1.807) is 12.1 Å². The molecule has 0 unspecified atom stereocenters. The van der Waals surface area contributed by atoms with E-state index in [1.165, 1.54) is 26.2 Å². The maximum Gasteiger partial charge on any atom is 0.344 e. The molecule has 0 radical (unpaired) electrons. The van der Waals surface area contributed by atoms with Crippen LogP contribution >= 0.6 is 0 Å². The number of carbonyl (C=O) groups excluding carboxylic acids is 4. The Hall–Kier alpha value is -4.08. The molecule has 1 fully saturated rings. The van der Waals surface area contributed by atoms with Crippen LogP contribution in [0.15, 0.2) is 42.5 Å². The van der Waals surface area contributed by atoms with Gasteiger partial charge in [0.05, 0.1) is 21.3 Å². The first-order valence-electron chi connectivity index (χ1n) is 11.1. The van der Waals surface area contributed by atoms with E-state index in [1.807, 2.05) is 30.3 Å². The van der Waals surface area contributed by atoms with Crippen LogP contribution in [0.25, 0.3) is 0 Å². The van der Waals surface area contributed by atoms with Crippen molar-refractivity contribution < 1.29 is 38.1 Å². The summed E-state index contributed by atoms with van der Waals surface area (Å²) in [6, 6.07) is 10.5. The summed E-state index contributed by atoms with van der Waals surface area (Å²) >= 11 is 0. The van der Waals surface area contributed by atoms with Crippen LogP contribution in [0.2, 0.25) is 0 Å². The molecule has 35 heavy (non-hydrogen) atoms. The van der Waals surface area contributed by atoms with Gasteiger partial charge in [0, 0.05) is 18.4 Å². The number of methoxy groups -OCH3 is 3. The van der Waals surface area contributed by atoms with E-state index in [9.17, 15) is 19.2 Å². The van der Waals surface area contributed by atoms with Gasteiger partial charge in [-0.05, 0) is 24.1 Å². The Morgan fingerprint density at radius 1 is 1.09 bits per heavy atom. The number of likely N-dealkylation sites (tertiary alicyclic amines) is 1. The number of nitrogens with one attached hydrogen (secondary N) is 1. The monoisotopic (exact) mass is 482 g/mol. The summed E-state index contributed by atoms with van der Waals surface area (Å²) in [5.41, 5.74) is 1.38. The summed E-state index contributed by atoms with van der Waals surface area (Å²) in [7, 11) is 4.09. The number of amides is 2. The van der Waals surface area contributed by atoms with Crippen LogP contribution in [0.5, 0.6) is 11.5 Å². The molecule has 4 rings (SSSR count). The first-order chi connectivity index (χ1) is 16.9. The molecule has 184 valence electrons. The summed E-state index contributed by atoms with van der Waals surface area (Å²) in [6.45, 7) is 0. The molecule has 3 atom stereocenters. The lowest BCUT2D eigenvalue weighted by Crippen LogP contribution is -2.52. The van der Waals surface area contributed by atoms with E-state index in [0.717, 1.165) is 5.56 Å². The highest BCUT2D eigenvalue weighted by atomic mass is 16.6. The van der Waals surface area contributed by atoms with Crippen LogP contribution in [0.1, 0.15) is 40.6 Å². The topological polar surface area (TPSA) is 120 Å². The number of fused-ring (bicyclic) bond motifs is 1. The summed E-state index contributed by atoms with van der Waals surface area (Å²) in [6.07, 6.45) is -0.580. The average molecular weight is 482 g/mol. The molecule has 10 heteroatoms. The van der Waals surface area contributed by atoms with Crippen molar-refractivity contribution in [3.05, 3.63) is 59.2 Å². The van der Waals surface area contributed by atoms with E-state index in [4.69, 9.17) is 18.9 Å². The lowest BCUT2D eigenvalue weighted by Gasteiger charge is -2.30. The molecule has 2 aliphatic heterocycles. The fourth-order valence-corrected chi connectivity index (χ4v) is 4.50. The molecular weight excluding hydrogens is 456 g/mol. The Morgan fingerprint density at radius 3 is 2.49 bits per heavy atom. The molecule has 1 N–H and O–H groups in total. The van der Waals surface area contributed by atoms with Gasteiger partial charge in [-0.2, -0.15) is 0 Å². The number of nitrogens with zero attached hydrogens (tertiary/aromatic N) is 1. The Morgan fingerprint density at radius 2 is 1.83 bits per heavy atom. The maximum absolute atomic E-state index is 13.3. The molecule has 2 amide bonds. The third-order valence-corrected chi connectivity index (χ3v) is 6.16. The standard InChI is InChI=1S/C25H26N2O8/c1-32-18-11-9-15-20(21(18)33-2)25(31)35-23(15)27-17(10-12-19(27)28)22(29)26-16(24(30)34-3)13-14-7-5-4-6-8-14/h4-9,11,16-17,23H,10,12-13H2,1-3H3,(H,26,29)/t16-,17+,23-/m1/s1. The molecule has 0 bridgehead atoms. The predicted molar refractivity (Wildman–Crippen MR) is 122 cm³/mol. The molecule has 2 aromatic rings. The van der Waals surface area contributed by atoms with Crippen molar-refractivity contribution in [3.8, 4) is 11.5 Å². The summed E-state index contributed by atoms with van der Waals surface area (Å²) in [4.78, 5) is 52.5. The van der Waals surface area contributed by atoms with Gasteiger partial charge < -0.3 is 24.3 Å². The lowest BCUT2D eigenvalue weighted by molar-refractivity contribution is -0.149. The average Bonchev–Trinajstić information content (AvgIpc) is 3.42. The van der Waals surface area contributed by atoms with Gasteiger partial charge in [0.2, 0.25) is 18.0 Å². The highest BCUT2D eigenvalue weighted by Gasteiger charge is 2.48. The van der Waals surface area contributed by atoms with Gasteiger partial charge in [0.1, 0.15) is 17.6 Å². The number of esters is 2. The van der Waals surface area contributed by atoms with Crippen molar-refractivity contribution >= 4 is 23.8 Å². The Labute approximate surface area is 202 Å².